The van der Waals surface area contributed by atoms with Crippen LogP contribution in [0.3, 0.4) is 0 Å². The van der Waals surface area contributed by atoms with Crippen molar-refractivity contribution in [1.82, 2.24) is 15.1 Å². The maximum atomic E-state index is 13.0. The first-order valence-corrected chi connectivity index (χ1v) is 9.76. The van der Waals surface area contributed by atoms with Crippen molar-refractivity contribution in [1.29, 1.82) is 0 Å². The summed E-state index contributed by atoms with van der Waals surface area (Å²) in [4.78, 5) is 40.8. The van der Waals surface area contributed by atoms with Crippen LogP contribution >= 0.6 is 11.6 Å². The molecule has 1 aliphatic carbocycles. The highest BCUT2D eigenvalue weighted by Crippen LogP contribution is 2.33. The van der Waals surface area contributed by atoms with E-state index in [1.165, 1.54) is 0 Å². The van der Waals surface area contributed by atoms with Gasteiger partial charge < -0.3 is 10.2 Å². The number of carbonyl (C=O) groups is 3. The predicted octanol–water partition coefficient (Wildman–Crippen LogP) is 3.14. The Bertz CT molecular complexity index is 761. The molecule has 4 amide bonds. The molecule has 3 rings (SSSR count). The van der Waals surface area contributed by atoms with E-state index in [2.05, 4.69) is 12.2 Å². The molecule has 0 bridgehead atoms. The van der Waals surface area contributed by atoms with Crippen LogP contribution in [0.2, 0.25) is 5.02 Å². The quantitative estimate of drug-likeness (QED) is 0.801. The molecule has 6 nitrogen and oxygen atoms in total. The Balaban J connectivity index is 1.72. The number of hydrogen-bond acceptors (Lipinski definition) is 3. The lowest BCUT2D eigenvalue weighted by atomic mass is 9.87. The second-order valence-corrected chi connectivity index (χ2v) is 8.25. The highest BCUT2D eigenvalue weighted by molar-refractivity contribution is 6.32. The van der Waals surface area contributed by atoms with E-state index in [-0.39, 0.29) is 18.5 Å². The van der Waals surface area contributed by atoms with Gasteiger partial charge in [-0.1, -0.05) is 36.7 Å². The third-order valence-corrected chi connectivity index (χ3v) is 6.24. The highest BCUT2D eigenvalue weighted by atomic mass is 35.5. The van der Waals surface area contributed by atoms with Gasteiger partial charge in [0.25, 0.3) is 5.91 Å². The van der Waals surface area contributed by atoms with Gasteiger partial charge in [0.05, 0.1) is 0 Å². The number of likely N-dealkylation sites (N-methyl/N-ethyl adjacent to an activating group) is 1. The summed E-state index contributed by atoms with van der Waals surface area (Å²) in [5.41, 5.74) is -0.747. The number of benzene rings is 1. The van der Waals surface area contributed by atoms with Crippen LogP contribution in [0.1, 0.15) is 45.1 Å². The summed E-state index contributed by atoms with van der Waals surface area (Å²) < 4.78 is 0. The summed E-state index contributed by atoms with van der Waals surface area (Å²) in [6.07, 6.45) is 4.10. The number of halogens is 1. The molecule has 2 fully saturated rings. The van der Waals surface area contributed by atoms with Crippen molar-refractivity contribution in [2.24, 2.45) is 5.92 Å². The average molecular weight is 392 g/mol. The topological polar surface area (TPSA) is 69.7 Å². The van der Waals surface area contributed by atoms with Crippen molar-refractivity contribution in [3.05, 3.63) is 34.9 Å². The van der Waals surface area contributed by atoms with E-state index in [9.17, 15) is 14.4 Å². The van der Waals surface area contributed by atoms with Crippen LogP contribution in [0.5, 0.6) is 0 Å². The van der Waals surface area contributed by atoms with Crippen molar-refractivity contribution >= 4 is 29.4 Å². The standard InChI is InChI=1S/C20H26ClN3O3/c1-13-8-10-14(11-9-13)23(3)17(25)12-24-18(26)20(2,22-19(24)27)15-6-4-5-7-16(15)21/h4-7,13-14H,8-12H2,1-3H3,(H,22,27)/t13?,14?,20-/m1/s1. The van der Waals surface area contributed by atoms with Crippen LogP contribution < -0.4 is 5.32 Å². The number of imide groups is 1. The van der Waals surface area contributed by atoms with Crippen LogP contribution in [-0.2, 0) is 15.1 Å². The van der Waals surface area contributed by atoms with E-state index in [4.69, 9.17) is 11.6 Å². The molecule has 2 aliphatic rings. The second-order valence-electron chi connectivity index (χ2n) is 7.84. The Morgan fingerprint density at radius 3 is 2.52 bits per heavy atom. The van der Waals surface area contributed by atoms with Crippen molar-refractivity contribution in [2.75, 3.05) is 13.6 Å². The summed E-state index contributed by atoms with van der Waals surface area (Å²) in [5.74, 6) is 0.00750. The SMILES string of the molecule is CC1CCC(N(C)C(=O)CN2C(=O)N[C@](C)(c3ccccc3Cl)C2=O)CC1. The molecule has 27 heavy (non-hydrogen) atoms. The molecular formula is C20H26ClN3O3. The lowest BCUT2D eigenvalue weighted by Gasteiger charge is -2.34. The number of urea groups is 1. The first kappa shape index (κ1) is 19.7. The van der Waals surface area contributed by atoms with Crippen molar-refractivity contribution < 1.29 is 14.4 Å². The average Bonchev–Trinajstić information content (AvgIpc) is 2.86. The molecule has 0 spiro atoms. The molecule has 0 radical (unpaired) electrons. The molecule has 1 aliphatic heterocycles. The van der Waals surface area contributed by atoms with Gasteiger partial charge in [0.15, 0.2) is 0 Å². The zero-order chi connectivity index (χ0) is 19.8. The smallest absolute Gasteiger partial charge is 0.325 e. The predicted molar refractivity (Wildman–Crippen MR) is 103 cm³/mol. The van der Waals surface area contributed by atoms with Crippen LogP contribution in [0, 0.1) is 5.92 Å². The minimum atomic E-state index is -1.27. The molecule has 1 aromatic rings. The number of amides is 4. The van der Waals surface area contributed by atoms with E-state index in [1.54, 1.807) is 43.1 Å². The van der Waals surface area contributed by atoms with E-state index in [0.717, 1.165) is 30.6 Å². The van der Waals surface area contributed by atoms with Gasteiger partial charge >= 0.3 is 6.03 Å². The lowest BCUT2D eigenvalue weighted by Crippen LogP contribution is -2.47. The summed E-state index contributed by atoms with van der Waals surface area (Å²) in [6, 6.07) is 6.51. The fourth-order valence-corrected chi connectivity index (χ4v) is 4.29. The molecule has 146 valence electrons. The van der Waals surface area contributed by atoms with Crippen molar-refractivity contribution in [2.45, 2.75) is 51.1 Å². The second kappa shape index (κ2) is 7.50. The van der Waals surface area contributed by atoms with Gasteiger partial charge in [-0.05, 0) is 44.6 Å². The minimum absolute atomic E-state index is 0.171. The van der Waals surface area contributed by atoms with Gasteiger partial charge in [-0.25, -0.2) is 4.79 Å². The van der Waals surface area contributed by atoms with E-state index in [0.29, 0.717) is 16.5 Å². The van der Waals surface area contributed by atoms with Crippen LogP contribution in [-0.4, -0.2) is 47.3 Å². The Morgan fingerprint density at radius 1 is 1.26 bits per heavy atom. The molecule has 1 atom stereocenters. The fraction of sp³-hybridized carbons (Fsp3) is 0.550. The maximum Gasteiger partial charge on any atom is 0.325 e. The number of carbonyl (C=O) groups excluding carboxylic acids is 3. The Kier molecular flexibility index (Phi) is 5.47. The highest BCUT2D eigenvalue weighted by Gasteiger charge is 2.50. The molecule has 1 saturated heterocycles. The monoisotopic (exact) mass is 391 g/mol. The third-order valence-electron chi connectivity index (χ3n) is 5.91. The van der Waals surface area contributed by atoms with Crippen LogP contribution in [0.15, 0.2) is 24.3 Å². The zero-order valence-electron chi connectivity index (χ0n) is 16.0. The van der Waals surface area contributed by atoms with E-state index < -0.39 is 17.5 Å². The number of hydrogen-bond donors (Lipinski definition) is 1. The van der Waals surface area contributed by atoms with Gasteiger partial charge in [-0.2, -0.15) is 0 Å². The van der Waals surface area contributed by atoms with Gasteiger partial charge in [0, 0.05) is 23.7 Å². The zero-order valence-corrected chi connectivity index (χ0v) is 16.8. The maximum absolute atomic E-state index is 13.0. The molecule has 1 saturated carbocycles. The van der Waals surface area contributed by atoms with Gasteiger partial charge in [0.1, 0.15) is 12.1 Å². The molecule has 1 heterocycles. The first-order valence-electron chi connectivity index (χ1n) is 9.39. The van der Waals surface area contributed by atoms with Gasteiger partial charge in [-0.3, -0.25) is 14.5 Å². The Hall–Kier alpha value is -2.08. The van der Waals surface area contributed by atoms with Crippen molar-refractivity contribution in [3.8, 4) is 0 Å². The summed E-state index contributed by atoms with van der Waals surface area (Å²) in [5, 5.41) is 3.10. The fourth-order valence-electron chi connectivity index (χ4n) is 3.97. The molecule has 1 aromatic carbocycles. The van der Waals surface area contributed by atoms with Crippen LogP contribution in [0.25, 0.3) is 0 Å². The summed E-state index contributed by atoms with van der Waals surface area (Å²) in [7, 11) is 1.76. The summed E-state index contributed by atoms with van der Waals surface area (Å²) in [6.45, 7) is 3.58. The first-order chi connectivity index (χ1) is 12.7. The Morgan fingerprint density at radius 2 is 1.89 bits per heavy atom. The molecule has 7 heteroatoms. The third kappa shape index (κ3) is 3.68. The van der Waals surface area contributed by atoms with E-state index in [1.807, 2.05) is 0 Å². The van der Waals surface area contributed by atoms with Gasteiger partial charge in [-0.15, -0.1) is 0 Å². The largest absolute Gasteiger partial charge is 0.341 e. The number of rotatable bonds is 4. The van der Waals surface area contributed by atoms with Crippen molar-refractivity contribution in [3.63, 3.8) is 0 Å². The molecule has 0 aromatic heterocycles. The molecular weight excluding hydrogens is 366 g/mol. The minimum Gasteiger partial charge on any atom is -0.341 e. The Labute approximate surface area is 164 Å². The number of nitrogens with zero attached hydrogens (tertiary/aromatic N) is 2. The van der Waals surface area contributed by atoms with Crippen LogP contribution in [0.4, 0.5) is 4.79 Å². The molecule has 0 unspecified atom stereocenters. The number of nitrogens with one attached hydrogen (secondary N) is 1. The lowest BCUT2D eigenvalue weighted by molar-refractivity contribution is -0.139. The van der Waals surface area contributed by atoms with Gasteiger partial charge in [0.2, 0.25) is 5.91 Å². The summed E-state index contributed by atoms with van der Waals surface area (Å²) >= 11 is 6.23. The normalized spacial score (nSPS) is 28.2. The molecule has 1 N–H and O–H groups in total. The van der Waals surface area contributed by atoms with E-state index >= 15 is 0 Å².